The topological polar surface area (TPSA) is 33.2 Å². The quantitative estimate of drug-likeness (QED) is 0.861. The van der Waals surface area contributed by atoms with E-state index < -0.39 is 0 Å². The molecule has 0 saturated heterocycles. The van der Waals surface area contributed by atoms with Crippen molar-refractivity contribution in [1.29, 1.82) is 0 Å². The maximum absolute atomic E-state index is 12.5. The fraction of sp³-hybridized carbons (Fsp3) is 0.412. The molecule has 0 N–H and O–H groups in total. The molecule has 0 bridgehead atoms. The zero-order valence-corrected chi connectivity index (χ0v) is 13.3. The molecule has 3 rings (SSSR count). The molecule has 2 aromatic rings. The summed E-state index contributed by atoms with van der Waals surface area (Å²) in [6.45, 7) is 4.14. The fourth-order valence-electron chi connectivity index (χ4n) is 3.01. The first-order valence-corrected chi connectivity index (χ1v) is 8.34. The summed E-state index contributed by atoms with van der Waals surface area (Å²) in [4.78, 5) is 18.9. The number of benzene rings is 1. The Morgan fingerprint density at radius 1 is 1.43 bits per heavy atom. The Morgan fingerprint density at radius 2 is 2.24 bits per heavy atom. The van der Waals surface area contributed by atoms with Crippen LogP contribution in [0.1, 0.15) is 36.0 Å². The maximum Gasteiger partial charge on any atom is 0.227 e. The minimum atomic E-state index is 0.236. The average Bonchev–Trinajstić information content (AvgIpc) is 3.01. The van der Waals surface area contributed by atoms with Gasteiger partial charge in [-0.1, -0.05) is 18.2 Å². The molecule has 3 nitrogen and oxygen atoms in total. The van der Waals surface area contributed by atoms with Crippen molar-refractivity contribution in [3.05, 3.63) is 45.9 Å². The molecule has 0 radical (unpaired) electrons. The summed E-state index contributed by atoms with van der Waals surface area (Å²) < 4.78 is 0. The number of carbonyl (C=O) groups is 1. The summed E-state index contributed by atoms with van der Waals surface area (Å²) in [7, 11) is 0. The normalized spacial score (nSPS) is 17.0. The van der Waals surface area contributed by atoms with Gasteiger partial charge in [0.05, 0.1) is 10.7 Å². The third-order valence-corrected chi connectivity index (χ3v) is 4.79. The average molecular weight is 300 g/mol. The summed E-state index contributed by atoms with van der Waals surface area (Å²) in [5.41, 5.74) is 3.49. The van der Waals surface area contributed by atoms with Crippen LogP contribution in [0.4, 0.5) is 5.69 Å². The number of aromatic nitrogens is 1. The first kappa shape index (κ1) is 14.3. The van der Waals surface area contributed by atoms with Crippen LogP contribution in [-0.2, 0) is 17.6 Å². The molecular formula is C17H20N2OS. The summed E-state index contributed by atoms with van der Waals surface area (Å²) in [6, 6.07) is 8.51. The van der Waals surface area contributed by atoms with E-state index in [1.807, 2.05) is 24.0 Å². The molecule has 1 aliphatic rings. The number of carbonyl (C=O) groups excluding carboxylic acids is 1. The summed E-state index contributed by atoms with van der Waals surface area (Å²) in [5, 5.41) is 3.19. The van der Waals surface area contributed by atoms with E-state index >= 15 is 0 Å². The lowest BCUT2D eigenvalue weighted by Crippen LogP contribution is -2.35. The van der Waals surface area contributed by atoms with Crippen LogP contribution in [0.5, 0.6) is 0 Å². The SMILES string of the molecule is Cc1nc(CCCC(=O)N2c3ccccc3CC2C)cs1. The van der Waals surface area contributed by atoms with Crippen LogP contribution in [0.3, 0.4) is 0 Å². The van der Waals surface area contributed by atoms with Gasteiger partial charge in [0, 0.05) is 23.5 Å². The van der Waals surface area contributed by atoms with Crippen molar-refractivity contribution in [3.8, 4) is 0 Å². The van der Waals surface area contributed by atoms with Gasteiger partial charge in [-0.15, -0.1) is 11.3 Å². The number of aryl methyl sites for hydroxylation is 2. The van der Waals surface area contributed by atoms with Crippen LogP contribution in [0, 0.1) is 6.92 Å². The third-order valence-electron chi connectivity index (χ3n) is 3.97. The molecule has 0 fully saturated rings. The van der Waals surface area contributed by atoms with Gasteiger partial charge >= 0.3 is 0 Å². The van der Waals surface area contributed by atoms with Gasteiger partial charge in [0.2, 0.25) is 5.91 Å². The Kier molecular flexibility index (Phi) is 4.06. The molecule has 21 heavy (non-hydrogen) atoms. The first-order chi connectivity index (χ1) is 10.1. The summed E-state index contributed by atoms with van der Waals surface area (Å²) in [5.74, 6) is 0.236. The highest BCUT2D eigenvalue weighted by molar-refractivity contribution is 7.09. The molecule has 0 aliphatic carbocycles. The van der Waals surface area contributed by atoms with Crippen molar-refractivity contribution in [3.63, 3.8) is 0 Å². The van der Waals surface area contributed by atoms with E-state index in [0.29, 0.717) is 6.42 Å². The lowest BCUT2D eigenvalue weighted by atomic mass is 10.1. The smallest absolute Gasteiger partial charge is 0.227 e. The minimum absolute atomic E-state index is 0.236. The second-order valence-corrected chi connectivity index (χ2v) is 6.72. The van der Waals surface area contributed by atoms with Gasteiger partial charge in [-0.05, 0) is 44.7 Å². The second kappa shape index (κ2) is 5.98. The number of nitrogens with zero attached hydrogens (tertiary/aromatic N) is 2. The van der Waals surface area contributed by atoms with Crippen LogP contribution < -0.4 is 4.90 Å². The molecule has 1 amide bonds. The van der Waals surface area contributed by atoms with Crippen LogP contribution in [0.25, 0.3) is 0 Å². The minimum Gasteiger partial charge on any atom is -0.309 e. The predicted molar refractivity (Wildman–Crippen MR) is 86.9 cm³/mol. The molecule has 0 saturated carbocycles. The fourth-order valence-corrected chi connectivity index (χ4v) is 3.66. The predicted octanol–water partition coefficient (Wildman–Crippen LogP) is 3.75. The molecule has 1 aromatic heterocycles. The molecule has 1 aliphatic heterocycles. The molecular weight excluding hydrogens is 280 g/mol. The Bertz CT molecular complexity index is 650. The van der Waals surface area contributed by atoms with Gasteiger partial charge < -0.3 is 4.90 Å². The Balaban J connectivity index is 1.60. The van der Waals surface area contributed by atoms with Crippen molar-refractivity contribution in [1.82, 2.24) is 4.98 Å². The van der Waals surface area contributed by atoms with Crippen molar-refractivity contribution in [2.45, 2.75) is 45.6 Å². The highest BCUT2D eigenvalue weighted by atomic mass is 32.1. The van der Waals surface area contributed by atoms with Gasteiger partial charge in [-0.3, -0.25) is 4.79 Å². The van der Waals surface area contributed by atoms with Crippen LogP contribution in [0.15, 0.2) is 29.6 Å². The highest BCUT2D eigenvalue weighted by Gasteiger charge is 2.29. The Hall–Kier alpha value is -1.68. The number of anilines is 1. The van der Waals surface area contributed by atoms with Crippen LogP contribution >= 0.6 is 11.3 Å². The van der Waals surface area contributed by atoms with Gasteiger partial charge in [0.15, 0.2) is 0 Å². The highest BCUT2D eigenvalue weighted by Crippen LogP contribution is 2.32. The lowest BCUT2D eigenvalue weighted by Gasteiger charge is -2.22. The van der Waals surface area contributed by atoms with Crippen LogP contribution in [0.2, 0.25) is 0 Å². The van der Waals surface area contributed by atoms with E-state index in [1.165, 1.54) is 5.56 Å². The summed E-state index contributed by atoms with van der Waals surface area (Å²) >= 11 is 1.67. The van der Waals surface area contributed by atoms with E-state index in [-0.39, 0.29) is 11.9 Å². The number of fused-ring (bicyclic) bond motifs is 1. The number of thiazole rings is 1. The van der Waals surface area contributed by atoms with Gasteiger partial charge in [-0.25, -0.2) is 4.98 Å². The van der Waals surface area contributed by atoms with Gasteiger partial charge in [0.25, 0.3) is 0 Å². The molecule has 1 unspecified atom stereocenters. The zero-order valence-electron chi connectivity index (χ0n) is 12.5. The lowest BCUT2D eigenvalue weighted by molar-refractivity contribution is -0.119. The van der Waals surface area contributed by atoms with Crippen molar-refractivity contribution < 1.29 is 4.79 Å². The number of rotatable bonds is 4. The number of para-hydroxylation sites is 1. The number of amides is 1. The maximum atomic E-state index is 12.5. The molecule has 2 heterocycles. The molecule has 1 aromatic carbocycles. The molecule has 4 heteroatoms. The largest absolute Gasteiger partial charge is 0.309 e. The Morgan fingerprint density at radius 3 is 3.00 bits per heavy atom. The second-order valence-electron chi connectivity index (χ2n) is 5.66. The van der Waals surface area contributed by atoms with E-state index in [0.717, 1.165) is 35.7 Å². The van der Waals surface area contributed by atoms with Gasteiger partial charge in [-0.2, -0.15) is 0 Å². The summed E-state index contributed by atoms with van der Waals surface area (Å²) in [6.07, 6.45) is 3.32. The third kappa shape index (κ3) is 3.00. The first-order valence-electron chi connectivity index (χ1n) is 7.46. The van der Waals surface area contributed by atoms with Gasteiger partial charge in [0.1, 0.15) is 0 Å². The number of hydrogen-bond acceptors (Lipinski definition) is 3. The number of hydrogen-bond donors (Lipinski definition) is 0. The van der Waals surface area contributed by atoms with Crippen molar-refractivity contribution in [2.75, 3.05) is 4.90 Å². The van der Waals surface area contributed by atoms with E-state index in [1.54, 1.807) is 11.3 Å². The van der Waals surface area contributed by atoms with Crippen molar-refractivity contribution >= 4 is 22.9 Å². The van der Waals surface area contributed by atoms with Crippen molar-refractivity contribution in [2.24, 2.45) is 0 Å². The van der Waals surface area contributed by atoms with E-state index in [2.05, 4.69) is 29.4 Å². The molecule has 0 spiro atoms. The van der Waals surface area contributed by atoms with E-state index in [4.69, 9.17) is 0 Å². The monoisotopic (exact) mass is 300 g/mol. The van der Waals surface area contributed by atoms with E-state index in [9.17, 15) is 4.79 Å². The van der Waals surface area contributed by atoms with Crippen LogP contribution in [-0.4, -0.2) is 16.9 Å². The molecule has 1 atom stereocenters. The standard InChI is InChI=1S/C17H20N2OS/c1-12-10-14-6-3-4-8-16(14)19(12)17(20)9-5-7-15-11-21-13(2)18-15/h3-4,6,8,11-12H,5,7,9-10H2,1-2H3. The molecule has 110 valence electrons. The Labute approximate surface area is 129 Å². The zero-order chi connectivity index (χ0) is 14.8.